The van der Waals surface area contributed by atoms with Crippen LogP contribution in [0.5, 0.6) is 5.75 Å². The zero-order valence-corrected chi connectivity index (χ0v) is 20.3. The molecule has 0 unspecified atom stereocenters. The van der Waals surface area contributed by atoms with E-state index >= 15 is 0 Å². The number of carbonyl (C=O) groups excluding carboxylic acids is 4. The van der Waals surface area contributed by atoms with Gasteiger partial charge in [-0.3, -0.25) is 14.5 Å². The average molecular weight is 478 g/mol. The summed E-state index contributed by atoms with van der Waals surface area (Å²) in [6, 6.07) is 10.3. The number of aromatic amines is 1. The first-order valence-corrected chi connectivity index (χ1v) is 11.2. The number of benzene rings is 2. The molecule has 2 aromatic carbocycles. The Kier molecular flexibility index (Phi) is 6.10. The van der Waals surface area contributed by atoms with Crippen LogP contribution >= 0.6 is 0 Å². The standard InChI is InChI=1S/C26H27N3O6/c1-6-35-23(31)22-15(3)27-14(2)21(22)20(30)13-29-24(32)26(4,28-25(29)33)18-9-7-17-12-19(34-5)10-8-16(17)11-18/h7-12,27H,6,13H2,1-5H3,(H,28,33)/t26-/m0/s1. The number of carbonyl (C=O) groups is 4. The van der Waals surface area contributed by atoms with E-state index in [0.717, 1.165) is 15.7 Å². The van der Waals surface area contributed by atoms with Gasteiger partial charge in [-0.1, -0.05) is 18.2 Å². The number of ether oxygens (including phenoxy) is 2. The van der Waals surface area contributed by atoms with Gasteiger partial charge in [0.25, 0.3) is 5.91 Å². The lowest BCUT2D eigenvalue weighted by Crippen LogP contribution is -2.41. The average Bonchev–Trinajstić information content (AvgIpc) is 3.25. The molecule has 2 heterocycles. The van der Waals surface area contributed by atoms with Gasteiger partial charge in [0.05, 0.1) is 31.4 Å². The molecule has 1 aliphatic heterocycles. The molecule has 1 aromatic heterocycles. The van der Waals surface area contributed by atoms with Crippen molar-refractivity contribution in [2.75, 3.05) is 20.3 Å². The van der Waals surface area contributed by atoms with Crippen LogP contribution in [-0.4, -0.2) is 53.8 Å². The molecule has 2 N–H and O–H groups in total. The van der Waals surface area contributed by atoms with E-state index in [0.29, 0.717) is 22.7 Å². The molecule has 3 amide bonds. The summed E-state index contributed by atoms with van der Waals surface area (Å²) in [6.45, 7) is 6.25. The maximum absolute atomic E-state index is 13.4. The monoisotopic (exact) mass is 477 g/mol. The molecule has 3 aromatic rings. The Morgan fingerprint density at radius 1 is 1.00 bits per heavy atom. The molecule has 1 atom stereocenters. The van der Waals surface area contributed by atoms with Crippen LogP contribution < -0.4 is 10.1 Å². The fraction of sp³-hybridized carbons (Fsp3) is 0.308. The van der Waals surface area contributed by atoms with Gasteiger partial charge in [-0.05, 0) is 62.2 Å². The third kappa shape index (κ3) is 4.03. The fourth-order valence-corrected chi connectivity index (χ4v) is 4.51. The predicted octanol–water partition coefficient (Wildman–Crippen LogP) is 3.62. The van der Waals surface area contributed by atoms with E-state index in [1.165, 1.54) is 0 Å². The second kappa shape index (κ2) is 8.90. The third-order valence-electron chi connectivity index (χ3n) is 6.33. The topological polar surface area (TPSA) is 118 Å². The van der Waals surface area contributed by atoms with Gasteiger partial charge in [0.1, 0.15) is 11.3 Å². The smallest absolute Gasteiger partial charge is 0.340 e. The molecular weight excluding hydrogens is 450 g/mol. The number of amides is 3. The van der Waals surface area contributed by atoms with E-state index in [4.69, 9.17) is 9.47 Å². The van der Waals surface area contributed by atoms with Gasteiger partial charge < -0.3 is 19.8 Å². The van der Waals surface area contributed by atoms with Crippen LogP contribution in [-0.2, 0) is 15.1 Å². The number of hydrogen-bond donors (Lipinski definition) is 2. The quantitative estimate of drug-likeness (QED) is 0.305. The van der Waals surface area contributed by atoms with Crippen molar-refractivity contribution in [3.05, 3.63) is 64.5 Å². The summed E-state index contributed by atoms with van der Waals surface area (Å²) in [7, 11) is 1.59. The van der Waals surface area contributed by atoms with Gasteiger partial charge in [-0.2, -0.15) is 0 Å². The summed E-state index contributed by atoms with van der Waals surface area (Å²) >= 11 is 0. The number of nitrogens with zero attached hydrogens (tertiary/aromatic N) is 1. The van der Waals surface area contributed by atoms with Crippen LogP contribution in [0.25, 0.3) is 10.8 Å². The molecule has 0 spiro atoms. The molecule has 1 aliphatic rings. The lowest BCUT2D eigenvalue weighted by Gasteiger charge is -2.22. The van der Waals surface area contributed by atoms with E-state index in [1.807, 2.05) is 30.3 Å². The first kappa shape index (κ1) is 24.0. The first-order chi connectivity index (χ1) is 16.6. The van der Waals surface area contributed by atoms with Crippen molar-refractivity contribution in [1.82, 2.24) is 15.2 Å². The summed E-state index contributed by atoms with van der Waals surface area (Å²) in [5.41, 5.74) is 0.432. The number of urea groups is 1. The first-order valence-electron chi connectivity index (χ1n) is 11.2. The second-order valence-corrected chi connectivity index (χ2v) is 8.64. The van der Waals surface area contributed by atoms with E-state index in [-0.39, 0.29) is 17.7 Å². The number of rotatable bonds is 7. The summed E-state index contributed by atoms with van der Waals surface area (Å²) in [5, 5.41) is 4.52. The van der Waals surface area contributed by atoms with Gasteiger partial charge in [-0.25, -0.2) is 9.59 Å². The normalized spacial score (nSPS) is 17.6. The number of H-pyrrole nitrogens is 1. The molecule has 182 valence electrons. The van der Waals surface area contributed by atoms with Crippen molar-refractivity contribution >= 4 is 34.5 Å². The van der Waals surface area contributed by atoms with Crippen LogP contribution in [0.2, 0.25) is 0 Å². The highest BCUT2D eigenvalue weighted by atomic mass is 16.5. The highest BCUT2D eigenvalue weighted by Crippen LogP contribution is 2.32. The van der Waals surface area contributed by atoms with Gasteiger partial charge >= 0.3 is 12.0 Å². The van der Waals surface area contributed by atoms with Crippen molar-refractivity contribution in [1.29, 1.82) is 0 Å². The summed E-state index contributed by atoms with van der Waals surface area (Å²) in [6.07, 6.45) is 0. The Morgan fingerprint density at radius 2 is 1.66 bits per heavy atom. The van der Waals surface area contributed by atoms with Crippen molar-refractivity contribution in [3.8, 4) is 5.75 Å². The number of Topliss-reactive ketones (excluding diaryl/α,β-unsaturated/α-hetero) is 1. The maximum Gasteiger partial charge on any atom is 0.340 e. The number of fused-ring (bicyclic) bond motifs is 1. The fourth-order valence-electron chi connectivity index (χ4n) is 4.51. The van der Waals surface area contributed by atoms with E-state index < -0.39 is 35.8 Å². The SMILES string of the molecule is CCOC(=O)c1c(C)[nH]c(C)c1C(=O)CN1C(=O)N[C@@](C)(c2ccc3cc(OC)ccc3c2)C1=O. The Morgan fingerprint density at radius 3 is 2.34 bits per heavy atom. The number of nitrogens with one attached hydrogen (secondary N) is 2. The Balaban J connectivity index is 1.63. The number of aromatic nitrogens is 1. The number of hydrogen-bond acceptors (Lipinski definition) is 6. The van der Waals surface area contributed by atoms with Crippen LogP contribution in [0.15, 0.2) is 36.4 Å². The zero-order chi connectivity index (χ0) is 25.5. The minimum Gasteiger partial charge on any atom is -0.497 e. The lowest BCUT2D eigenvalue weighted by atomic mass is 9.90. The minimum absolute atomic E-state index is 0.120. The van der Waals surface area contributed by atoms with Crippen molar-refractivity contribution in [3.63, 3.8) is 0 Å². The molecule has 1 fully saturated rings. The molecule has 4 rings (SSSR count). The van der Waals surface area contributed by atoms with Gasteiger partial charge in [-0.15, -0.1) is 0 Å². The summed E-state index contributed by atoms with van der Waals surface area (Å²) in [4.78, 5) is 55.8. The highest BCUT2D eigenvalue weighted by Gasteiger charge is 2.49. The number of esters is 1. The molecule has 0 radical (unpaired) electrons. The molecule has 35 heavy (non-hydrogen) atoms. The maximum atomic E-state index is 13.4. The van der Waals surface area contributed by atoms with Crippen LogP contribution in [0.1, 0.15) is 51.5 Å². The predicted molar refractivity (Wildman–Crippen MR) is 129 cm³/mol. The number of imide groups is 1. The van der Waals surface area contributed by atoms with E-state index in [1.54, 1.807) is 40.9 Å². The van der Waals surface area contributed by atoms with Gasteiger partial charge in [0, 0.05) is 11.4 Å². The zero-order valence-electron chi connectivity index (χ0n) is 20.3. The van der Waals surface area contributed by atoms with Crippen LogP contribution in [0, 0.1) is 13.8 Å². The van der Waals surface area contributed by atoms with E-state index in [9.17, 15) is 19.2 Å². The third-order valence-corrected chi connectivity index (χ3v) is 6.33. The minimum atomic E-state index is -1.35. The number of ketones is 1. The van der Waals surface area contributed by atoms with Crippen LogP contribution in [0.3, 0.4) is 0 Å². The second-order valence-electron chi connectivity index (χ2n) is 8.64. The molecule has 0 saturated carbocycles. The van der Waals surface area contributed by atoms with Crippen molar-refractivity contribution < 1.29 is 28.7 Å². The molecule has 1 saturated heterocycles. The molecule has 9 heteroatoms. The Bertz CT molecular complexity index is 1370. The largest absolute Gasteiger partial charge is 0.497 e. The summed E-state index contributed by atoms with van der Waals surface area (Å²) in [5.74, 6) is -1.00. The van der Waals surface area contributed by atoms with Gasteiger partial charge in [0.15, 0.2) is 5.78 Å². The Labute approximate surface area is 202 Å². The molecule has 0 bridgehead atoms. The Hall–Kier alpha value is -4.14. The van der Waals surface area contributed by atoms with Crippen molar-refractivity contribution in [2.45, 2.75) is 33.2 Å². The van der Waals surface area contributed by atoms with Gasteiger partial charge in [0.2, 0.25) is 0 Å². The molecular formula is C26H27N3O6. The van der Waals surface area contributed by atoms with Crippen LogP contribution in [0.4, 0.5) is 4.79 Å². The lowest BCUT2D eigenvalue weighted by molar-refractivity contribution is -0.130. The molecule has 9 nitrogen and oxygen atoms in total. The van der Waals surface area contributed by atoms with E-state index in [2.05, 4.69) is 10.3 Å². The number of aryl methyl sites for hydroxylation is 2. The van der Waals surface area contributed by atoms with Crippen molar-refractivity contribution in [2.24, 2.45) is 0 Å². The highest BCUT2D eigenvalue weighted by molar-refractivity contribution is 6.14. The summed E-state index contributed by atoms with van der Waals surface area (Å²) < 4.78 is 10.3. The number of methoxy groups -OCH3 is 1. The molecule has 0 aliphatic carbocycles.